The minimum Gasteiger partial charge on any atom is -0.550 e. The Balaban J connectivity index is -0.0000000199. The van der Waals surface area contributed by atoms with Gasteiger partial charge in [-0.3, -0.25) is 0 Å². The van der Waals surface area contributed by atoms with Gasteiger partial charge in [0, 0.05) is 111 Å². The summed E-state index contributed by atoms with van der Waals surface area (Å²) in [4.78, 5) is 107. The fourth-order valence-corrected chi connectivity index (χ4v) is 0. The molecular weight excluding hydrogens is 1050 g/mol. The molecule has 0 atom stereocenters. The summed E-state index contributed by atoms with van der Waals surface area (Å²) in [6.07, 6.45) is 0. The Labute approximate surface area is 413 Å². The van der Waals surface area contributed by atoms with Gasteiger partial charge in [-0.1, -0.05) is 0 Å². The molecule has 0 aliphatic rings. The van der Waals surface area contributed by atoms with E-state index >= 15 is 0 Å². The van der Waals surface area contributed by atoms with Crippen LogP contribution in [0.3, 0.4) is 0 Å². The number of aliphatic carboxylic acids is 12. The van der Waals surface area contributed by atoms with E-state index in [0.717, 1.165) is 83.1 Å². The Hall–Kier alpha value is -4.52. The molecule has 0 bridgehead atoms. The first-order valence-electron chi connectivity index (χ1n) is 14.8. The van der Waals surface area contributed by atoms with E-state index in [9.17, 15) is 0 Å². The van der Waals surface area contributed by atoms with Crippen molar-refractivity contribution in [2.24, 2.45) is 34.4 Å². The van der Waals surface area contributed by atoms with Crippen molar-refractivity contribution in [3.8, 4) is 0 Å². The molecule has 12 N–H and O–H groups in total. The van der Waals surface area contributed by atoms with Crippen molar-refractivity contribution in [2.45, 2.75) is 83.1 Å². The van der Waals surface area contributed by atoms with E-state index in [0.29, 0.717) is 39.3 Å². The normalized spacial score (nSPS) is 6.09. The summed E-state index contributed by atoms with van der Waals surface area (Å²) in [6, 6.07) is 0. The topological polar surface area (TPSA) is 638 Å². The van der Waals surface area contributed by atoms with Crippen molar-refractivity contribution in [3.05, 3.63) is 0 Å². The molecule has 0 heterocycles. The van der Waals surface area contributed by atoms with Crippen molar-refractivity contribution in [3.63, 3.8) is 0 Å². The minimum absolute atomic E-state index is 0. The van der Waals surface area contributed by atoms with Crippen LogP contribution < -0.4 is 95.7 Å². The van der Waals surface area contributed by atoms with E-state index in [1.54, 1.807) is 0 Å². The third-order valence-electron chi connectivity index (χ3n) is 0.500. The third kappa shape index (κ3) is 79100. The molecule has 0 aromatic rings. The van der Waals surface area contributed by atoms with Gasteiger partial charge >= 0.3 is 68.3 Å². The van der Waals surface area contributed by atoms with Gasteiger partial charge in [-0.25, -0.2) is 0 Å². The van der Waals surface area contributed by atoms with E-state index in [1.165, 1.54) is 0 Å². The van der Waals surface area contributed by atoms with Crippen LogP contribution in [0, 0.1) is 0 Å². The molecule has 0 unspecified atom stereocenters. The maximum Gasteiger partial charge on any atom is 3.00 e. The first-order valence-corrected chi connectivity index (χ1v) is 14.8. The molecule has 0 aliphatic carbocycles. The van der Waals surface area contributed by atoms with Crippen LogP contribution in [0.1, 0.15) is 83.1 Å². The maximum absolute atomic E-state index is 8.89. The molecule has 64 heavy (non-hydrogen) atoms. The summed E-state index contributed by atoms with van der Waals surface area (Å²) in [7, 11) is 0. The van der Waals surface area contributed by atoms with Crippen molar-refractivity contribution in [1.82, 2.24) is 0 Å². The second kappa shape index (κ2) is 138. The summed E-state index contributed by atoms with van der Waals surface area (Å²) in [5, 5.41) is 107. The summed E-state index contributed by atoms with van der Waals surface area (Å²) < 4.78 is 0. The predicted octanol–water partition coefficient (Wildman–Crippen LogP) is -18.2. The molecule has 386 valence electrons. The molecule has 4 radical (unpaired) electrons. The molecular formula is C30H60Fe4N6O24. The number of nitrogens with two attached hydrogens (primary N) is 6. The number of hydrogen-bond donors (Lipinski definition) is 6. The summed E-state index contributed by atoms with van der Waals surface area (Å²) in [5.41, 5.74) is 29.4. The van der Waals surface area contributed by atoms with Crippen LogP contribution in [0.5, 0.6) is 0 Å². The van der Waals surface area contributed by atoms with Crippen LogP contribution in [0.15, 0.2) is 0 Å². The maximum atomic E-state index is 8.89. The van der Waals surface area contributed by atoms with Crippen LogP contribution in [0.4, 0.5) is 0 Å². The van der Waals surface area contributed by atoms with Crippen molar-refractivity contribution < 1.29 is 187 Å². The Morgan fingerprint density at radius 1 is 0.203 bits per heavy atom. The molecule has 0 amide bonds. The van der Waals surface area contributed by atoms with Gasteiger partial charge < -0.3 is 153 Å². The van der Waals surface area contributed by atoms with Gasteiger partial charge in [0.1, 0.15) is 0 Å². The largest absolute Gasteiger partial charge is 3.00 e. The van der Waals surface area contributed by atoms with Gasteiger partial charge in [-0.15, -0.1) is 0 Å². The molecule has 0 spiro atoms. The van der Waals surface area contributed by atoms with Crippen molar-refractivity contribution in [2.75, 3.05) is 39.3 Å². The zero-order valence-corrected chi connectivity index (χ0v) is 41.3. The molecule has 0 aromatic carbocycles. The number of hydrogen-bond acceptors (Lipinski definition) is 30. The summed E-state index contributed by atoms with van der Waals surface area (Å²) in [5.74, 6) is -13.0. The smallest absolute Gasteiger partial charge is 0.550 e. The molecule has 0 rings (SSSR count). The number of carbonyl (C=O) groups is 12. The average Bonchev–Trinajstić information content (AvgIpc) is 2.94. The number of carboxylic acid groups (broad SMARTS) is 12. The van der Waals surface area contributed by atoms with Crippen LogP contribution in [-0.2, 0) is 126 Å². The van der Waals surface area contributed by atoms with E-state index < -0.39 is 71.6 Å². The van der Waals surface area contributed by atoms with Gasteiger partial charge in [0.15, 0.2) is 0 Å². The first kappa shape index (κ1) is 124. The van der Waals surface area contributed by atoms with Crippen molar-refractivity contribution in [1.29, 1.82) is 0 Å². The zero-order chi connectivity index (χ0) is 53.2. The molecule has 0 saturated carbocycles. The monoisotopic (exact) mass is 1110 g/mol. The Kier molecular flexibility index (Phi) is 267. The van der Waals surface area contributed by atoms with Gasteiger partial charge in [0.2, 0.25) is 0 Å². The van der Waals surface area contributed by atoms with Crippen LogP contribution in [0.25, 0.3) is 0 Å². The first-order chi connectivity index (χ1) is 26.5. The Morgan fingerprint density at radius 3 is 0.219 bits per heavy atom. The van der Waals surface area contributed by atoms with E-state index in [4.69, 9.17) is 153 Å². The zero-order valence-electron chi connectivity index (χ0n) is 36.9. The Morgan fingerprint density at radius 2 is 0.219 bits per heavy atom. The van der Waals surface area contributed by atoms with E-state index in [1.807, 2.05) is 0 Å². The number of rotatable bonds is 3. The molecule has 0 aliphatic heterocycles. The standard InChI is InChI=1S/3C2H8N2.12C2H4O2.4Fe/c3*3-1-2-4;12*1-2(3)4;;;;/h3*1-4H2;12*1H3,(H,3,4);;;;/q;;;;;;;;;;;;;;;4*+3/p-12. The second-order valence-corrected chi connectivity index (χ2v) is 7.63. The van der Waals surface area contributed by atoms with Crippen LogP contribution >= 0.6 is 0 Å². The second-order valence-electron chi connectivity index (χ2n) is 7.63. The summed E-state index contributed by atoms with van der Waals surface area (Å²) >= 11 is 0. The van der Waals surface area contributed by atoms with Gasteiger partial charge in [0.05, 0.1) is 0 Å². The molecule has 0 fully saturated rings. The molecule has 0 aromatic heterocycles. The Bertz CT molecular complexity index is 714. The van der Waals surface area contributed by atoms with Gasteiger partial charge in [-0.05, 0) is 83.1 Å². The van der Waals surface area contributed by atoms with Gasteiger partial charge in [0.25, 0.3) is 0 Å². The predicted molar refractivity (Wildman–Crippen MR) is 182 cm³/mol. The van der Waals surface area contributed by atoms with E-state index in [2.05, 4.69) is 0 Å². The SMILES string of the molecule is CC(=O)[O-].CC(=O)[O-].CC(=O)[O-].CC(=O)[O-].CC(=O)[O-].CC(=O)[O-].CC(=O)[O-].CC(=O)[O-].CC(=O)[O-].CC(=O)[O-].CC(=O)[O-].CC(=O)[O-].NCCN.NCCN.NCCN.[Fe+3].[Fe+3].[Fe+3].[Fe+3]. The van der Waals surface area contributed by atoms with Crippen LogP contribution in [0.2, 0.25) is 0 Å². The fraction of sp³-hybridized carbons (Fsp3) is 0.600. The van der Waals surface area contributed by atoms with E-state index in [-0.39, 0.29) is 68.3 Å². The van der Waals surface area contributed by atoms with Crippen molar-refractivity contribution >= 4 is 71.6 Å². The molecule has 30 nitrogen and oxygen atoms in total. The number of carbonyl (C=O) groups excluding carboxylic acids is 12. The number of carboxylic acids is 12. The van der Waals surface area contributed by atoms with Crippen LogP contribution in [-0.4, -0.2) is 111 Å². The minimum atomic E-state index is -1.08. The summed E-state index contributed by atoms with van der Waals surface area (Å²) in [6.45, 7) is 15.2. The fourth-order valence-electron chi connectivity index (χ4n) is 0. The quantitative estimate of drug-likeness (QED) is 0.143. The third-order valence-corrected chi connectivity index (χ3v) is 0.500. The van der Waals surface area contributed by atoms with Gasteiger partial charge in [-0.2, -0.15) is 0 Å². The molecule has 0 saturated heterocycles. The molecule has 34 heteroatoms. The average molecular weight is 1110 g/mol.